The minimum Gasteiger partial charge on any atom is -0.369 e. The summed E-state index contributed by atoms with van der Waals surface area (Å²) in [6.45, 7) is 5.47. The second kappa shape index (κ2) is 4.78. The molecule has 3 nitrogen and oxygen atoms in total. The Kier molecular flexibility index (Phi) is 3.25. The average Bonchev–Trinajstić information content (AvgIpc) is 3.07. The van der Waals surface area contributed by atoms with Crippen molar-refractivity contribution in [2.24, 2.45) is 5.41 Å². The maximum absolute atomic E-state index is 4.77. The van der Waals surface area contributed by atoms with Gasteiger partial charge in [0.15, 0.2) is 0 Å². The topological polar surface area (TPSA) is 19.4 Å². The maximum Gasteiger partial charge on any atom is 0.0779 e. The first-order valence-corrected chi connectivity index (χ1v) is 7.44. The number of hydrogen-bond acceptors (Lipinski definition) is 3. The molecule has 1 saturated carbocycles. The largest absolute Gasteiger partial charge is 0.369 e. The molecule has 0 amide bonds. The van der Waals surface area contributed by atoms with Gasteiger partial charge in [-0.3, -0.25) is 4.98 Å². The van der Waals surface area contributed by atoms with Crippen LogP contribution >= 0.6 is 0 Å². The van der Waals surface area contributed by atoms with Gasteiger partial charge in [-0.25, -0.2) is 0 Å². The molecule has 0 bridgehead atoms. The van der Waals surface area contributed by atoms with E-state index in [0.717, 1.165) is 12.2 Å². The molecule has 0 radical (unpaired) electrons. The van der Waals surface area contributed by atoms with Gasteiger partial charge in [-0.2, -0.15) is 0 Å². The van der Waals surface area contributed by atoms with E-state index in [2.05, 4.69) is 43.0 Å². The quantitative estimate of drug-likeness (QED) is 0.832. The average molecular weight is 259 g/mol. The van der Waals surface area contributed by atoms with Crippen LogP contribution in [0.3, 0.4) is 0 Å². The Morgan fingerprint density at radius 2 is 2.05 bits per heavy atom. The van der Waals surface area contributed by atoms with Crippen molar-refractivity contribution < 1.29 is 0 Å². The van der Waals surface area contributed by atoms with Crippen LogP contribution in [0.15, 0.2) is 12.1 Å². The standard InChI is InChI=1S/C16H25N3/c1-13-5-6-15(14(17-13)11-18(2)3)19-10-4-7-16(12-19)8-9-16/h5-6H,4,7-12H2,1-3H3. The highest BCUT2D eigenvalue weighted by Gasteiger charge is 2.45. The third kappa shape index (κ3) is 2.76. The molecule has 2 aliphatic rings. The molecule has 1 saturated heterocycles. The number of piperidine rings is 1. The Morgan fingerprint density at radius 1 is 1.26 bits per heavy atom. The van der Waals surface area contributed by atoms with Crippen molar-refractivity contribution in [2.45, 2.75) is 39.2 Å². The van der Waals surface area contributed by atoms with Crippen LogP contribution < -0.4 is 4.90 Å². The lowest BCUT2D eigenvalue weighted by molar-refractivity contribution is 0.383. The first-order valence-electron chi connectivity index (χ1n) is 7.44. The Morgan fingerprint density at radius 3 is 2.74 bits per heavy atom. The summed E-state index contributed by atoms with van der Waals surface area (Å²) in [5, 5.41) is 0. The number of anilines is 1. The number of aromatic nitrogens is 1. The third-order valence-electron chi connectivity index (χ3n) is 4.51. The van der Waals surface area contributed by atoms with E-state index in [4.69, 9.17) is 4.98 Å². The molecule has 2 fully saturated rings. The summed E-state index contributed by atoms with van der Waals surface area (Å²) in [5.41, 5.74) is 4.39. The second-order valence-corrected chi connectivity index (χ2v) is 6.68. The molecule has 1 aromatic rings. The maximum atomic E-state index is 4.77. The van der Waals surface area contributed by atoms with Crippen LogP contribution in [0.25, 0.3) is 0 Å². The van der Waals surface area contributed by atoms with Gasteiger partial charge in [0.2, 0.25) is 0 Å². The molecule has 1 spiro atoms. The zero-order valence-corrected chi connectivity index (χ0v) is 12.4. The normalized spacial score (nSPS) is 21.2. The molecule has 1 aliphatic carbocycles. The van der Waals surface area contributed by atoms with Crippen LogP contribution in [0.4, 0.5) is 5.69 Å². The van der Waals surface area contributed by atoms with Gasteiger partial charge in [-0.05, 0) is 64.3 Å². The third-order valence-corrected chi connectivity index (χ3v) is 4.51. The molecule has 3 heteroatoms. The van der Waals surface area contributed by atoms with Gasteiger partial charge in [-0.15, -0.1) is 0 Å². The number of rotatable bonds is 3. The molecule has 104 valence electrons. The molecule has 3 rings (SSSR count). The molecule has 1 aliphatic heterocycles. The predicted molar refractivity (Wildman–Crippen MR) is 79.5 cm³/mol. The molecule has 0 N–H and O–H groups in total. The van der Waals surface area contributed by atoms with E-state index >= 15 is 0 Å². The fraction of sp³-hybridized carbons (Fsp3) is 0.688. The molecule has 0 unspecified atom stereocenters. The number of pyridine rings is 1. The van der Waals surface area contributed by atoms with Gasteiger partial charge in [-0.1, -0.05) is 0 Å². The van der Waals surface area contributed by atoms with Crippen molar-refractivity contribution in [3.05, 3.63) is 23.5 Å². The molecular weight excluding hydrogens is 234 g/mol. The van der Waals surface area contributed by atoms with Gasteiger partial charge in [0.1, 0.15) is 0 Å². The molecule has 0 aromatic carbocycles. The van der Waals surface area contributed by atoms with E-state index in [-0.39, 0.29) is 0 Å². The Hall–Kier alpha value is -1.09. The summed E-state index contributed by atoms with van der Waals surface area (Å²) in [6.07, 6.45) is 5.65. The highest BCUT2D eigenvalue weighted by molar-refractivity contribution is 5.52. The summed E-state index contributed by atoms with van der Waals surface area (Å²) < 4.78 is 0. The summed E-state index contributed by atoms with van der Waals surface area (Å²) in [5.74, 6) is 0. The van der Waals surface area contributed by atoms with Crippen molar-refractivity contribution in [1.82, 2.24) is 9.88 Å². The number of aryl methyl sites for hydroxylation is 1. The Labute approximate surface area is 116 Å². The molecular formula is C16H25N3. The molecule has 2 heterocycles. The minimum absolute atomic E-state index is 0.665. The van der Waals surface area contributed by atoms with Crippen LogP contribution in [0.2, 0.25) is 0 Å². The van der Waals surface area contributed by atoms with E-state index in [1.165, 1.54) is 50.2 Å². The lowest BCUT2D eigenvalue weighted by atomic mass is 9.94. The lowest BCUT2D eigenvalue weighted by Crippen LogP contribution is -2.37. The van der Waals surface area contributed by atoms with Crippen molar-refractivity contribution in [1.29, 1.82) is 0 Å². The van der Waals surface area contributed by atoms with Gasteiger partial charge in [0.05, 0.1) is 11.4 Å². The van der Waals surface area contributed by atoms with Crippen LogP contribution in [0, 0.1) is 12.3 Å². The fourth-order valence-electron chi connectivity index (χ4n) is 3.31. The first-order chi connectivity index (χ1) is 9.08. The highest BCUT2D eigenvalue weighted by atomic mass is 15.2. The van der Waals surface area contributed by atoms with E-state index in [1.54, 1.807) is 0 Å². The van der Waals surface area contributed by atoms with Gasteiger partial charge in [0.25, 0.3) is 0 Å². The summed E-state index contributed by atoms with van der Waals surface area (Å²) >= 11 is 0. The smallest absolute Gasteiger partial charge is 0.0779 e. The number of nitrogens with zero attached hydrogens (tertiary/aromatic N) is 3. The number of hydrogen-bond donors (Lipinski definition) is 0. The Bertz CT molecular complexity index is 463. The van der Waals surface area contributed by atoms with Crippen LogP contribution in [-0.4, -0.2) is 37.1 Å². The lowest BCUT2D eigenvalue weighted by Gasteiger charge is -2.36. The van der Waals surface area contributed by atoms with Gasteiger partial charge in [0, 0.05) is 25.3 Å². The van der Waals surface area contributed by atoms with Crippen molar-refractivity contribution >= 4 is 5.69 Å². The van der Waals surface area contributed by atoms with Crippen LogP contribution in [0.5, 0.6) is 0 Å². The first kappa shape index (κ1) is 12.9. The summed E-state index contributed by atoms with van der Waals surface area (Å²) in [7, 11) is 4.23. The second-order valence-electron chi connectivity index (χ2n) is 6.68. The van der Waals surface area contributed by atoms with Crippen LogP contribution in [-0.2, 0) is 6.54 Å². The van der Waals surface area contributed by atoms with Crippen molar-refractivity contribution in [2.75, 3.05) is 32.1 Å². The van der Waals surface area contributed by atoms with E-state index in [1.807, 2.05) is 0 Å². The van der Waals surface area contributed by atoms with E-state index < -0.39 is 0 Å². The minimum atomic E-state index is 0.665. The van der Waals surface area contributed by atoms with Gasteiger partial charge < -0.3 is 9.80 Å². The molecule has 1 aromatic heterocycles. The predicted octanol–water partition coefficient (Wildman–Crippen LogP) is 2.83. The summed E-state index contributed by atoms with van der Waals surface area (Å²) in [4.78, 5) is 9.57. The van der Waals surface area contributed by atoms with Crippen molar-refractivity contribution in [3.8, 4) is 0 Å². The SMILES string of the molecule is Cc1ccc(N2CCCC3(CC3)C2)c(CN(C)C)n1. The zero-order valence-electron chi connectivity index (χ0n) is 12.4. The van der Waals surface area contributed by atoms with Gasteiger partial charge >= 0.3 is 0 Å². The highest BCUT2D eigenvalue weighted by Crippen LogP contribution is 2.52. The molecule has 19 heavy (non-hydrogen) atoms. The Balaban J connectivity index is 1.86. The summed E-state index contributed by atoms with van der Waals surface area (Å²) in [6, 6.07) is 4.44. The van der Waals surface area contributed by atoms with Crippen molar-refractivity contribution in [3.63, 3.8) is 0 Å². The fourth-order valence-corrected chi connectivity index (χ4v) is 3.31. The zero-order chi connectivity index (χ0) is 13.5. The molecule has 0 atom stereocenters. The van der Waals surface area contributed by atoms with E-state index in [0.29, 0.717) is 5.41 Å². The van der Waals surface area contributed by atoms with E-state index in [9.17, 15) is 0 Å². The van der Waals surface area contributed by atoms with Crippen LogP contribution in [0.1, 0.15) is 37.1 Å². The monoisotopic (exact) mass is 259 g/mol.